The summed E-state index contributed by atoms with van der Waals surface area (Å²) in [5.41, 5.74) is 5.79. The van der Waals surface area contributed by atoms with Gasteiger partial charge < -0.3 is 9.26 Å². The van der Waals surface area contributed by atoms with Gasteiger partial charge in [-0.2, -0.15) is 0 Å². The van der Waals surface area contributed by atoms with Crippen molar-refractivity contribution in [2.75, 3.05) is 5.32 Å². The van der Waals surface area contributed by atoms with E-state index in [0.29, 0.717) is 23.6 Å². The molecule has 6 heteroatoms. The van der Waals surface area contributed by atoms with E-state index in [-0.39, 0.29) is 5.78 Å². The molecule has 0 saturated carbocycles. The van der Waals surface area contributed by atoms with Gasteiger partial charge in [0, 0.05) is 12.0 Å². The molecule has 0 radical (unpaired) electrons. The molecule has 34 heavy (non-hydrogen) atoms. The Morgan fingerprint density at radius 1 is 0.912 bits per heavy atom. The molecule has 1 N–H and O–H groups in total. The quantitative estimate of drug-likeness (QED) is 0.334. The van der Waals surface area contributed by atoms with Gasteiger partial charge in [-0.3, -0.25) is 10.1 Å². The number of carbonyl (C=O) groups is 2. The molecule has 0 spiro atoms. The highest BCUT2D eigenvalue weighted by Crippen LogP contribution is 2.33. The number of rotatable bonds is 7. The third kappa shape index (κ3) is 5.41. The van der Waals surface area contributed by atoms with Gasteiger partial charge in [-0.15, -0.1) is 0 Å². The molecule has 1 aromatic heterocycles. The van der Waals surface area contributed by atoms with Crippen LogP contribution in [-0.2, 0) is 16.0 Å². The van der Waals surface area contributed by atoms with Crippen molar-refractivity contribution in [3.8, 4) is 22.5 Å². The largest absolute Gasteiger partial charge is 0.441 e. The van der Waals surface area contributed by atoms with Crippen LogP contribution in [0.4, 0.5) is 10.5 Å². The fraction of sp³-hybridized carbons (Fsp3) is 0.179. The van der Waals surface area contributed by atoms with Crippen LogP contribution in [0, 0.1) is 6.92 Å². The highest BCUT2D eigenvalue weighted by molar-refractivity contribution is 5.91. The lowest BCUT2D eigenvalue weighted by atomic mass is 10.0. The molecule has 0 fully saturated rings. The first kappa shape index (κ1) is 23.0. The number of anilines is 1. The zero-order valence-electron chi connectivity index (χ0n) is 19.4. The van der Waals surface area contributed by atoms with Crippen LogP contribution in [-0.4, -0.2) is 17.0 Å². The molecule has 1 heterocycles. The lowest BCUT2D eigenvalue weighted by Crippen LogP contribution is -2.16. The van der Waals surface area contributed by atoms with E-state index in [1.165, 1.54) is 0 Å². The number of benzene rings is 3. The van der Waals surface area contributed by atoms with E-state index in [1.54, 1.807) is 13.8 Å². The third-order valence-electron chi connectivity index (χ3n) is 5.53. The molecule has 0 aliphatic carbocycles. The van der Waals surface area contributed by atoms with E-state index in [4.69, 9.17) is 9.26 Å². The molecule has 4 aromatic rings. The number of aryl methyl sites for hydroxylation is 1. The van der Waals surface area contributed by atoms with Crippen LogP contribution in [0.5, 0.6) is 0 Å². The summed E-state index contributed by atoms with van der Waals surface area (Å²) in [5.74, 6) is 0.604. The molecule has 3 aromatic carbocycles. The van der Waals surface area contributed by atoms with Gasteiger partial charge in [0.25, 0.3) is 0 Å². The number of aromatic nitrogens is 1. The minimum Gasteiger partial charge on any atom is -0.441 e. The van der Waals surface area contributed by atoms with Crippen molar-refractivity contribution in [2.24, 2.45) is 0 Å². The highest BCUT2D eigenvalue weighted by atomic mass is 16.6. The summed E-state index contributed by atoms with van der Waals surface area (Å²) in [6.45, 7) is 5.17. The molecule has 0 aliphatic rings. The zero-order valence-corrected chi connectivity index (χ0v) is 19.4. The average Bonchev–Trinajstić information content (AvgIpc) is 3.19. The Kier molecular flexibility index (Phi) is 6.87. The minimum atomic E-state index is -0.578. The lowest BCUT2D eigenvalue weighted by molar-refractivity contribution is -0.116. The smallest absolute Gasteiger partial charge is 0.412 e. The normalized spacial score (nSPS) is 11.6. The van der Waals surface area contributed by atoms with Crippen LogP contribution >= 0.6 is 0 Å². The van der Waals surface area contributed by atoms with Gasteiger partial charge in [0.05, 0.1) is 0 Å². The Morgan fingerprint density at radius 2 is 1.50 bits per heavy atom. The van der Waals surface area contributed by atoms with Crippen molar-refractivity contribution in [1.29, 1.82) is 0 Å². The number of ketones is 1. The fourth-order valence-electron chi connectivity index (χ4n) is 3.71. The molecule has 1 atom stereocenters. The monoisotopic (exact) mass is 454 g/mol. The summed E-state index contributed by atoms with van der Waals surface area (Å²) >= 11 is 0. The Bertz CT molecular complexity index is 1280. The number of carbonyl (C=O) groups excluding carboxylic acids is 2. The van der Waals surface area contributed by atoms with Crippen molar-refractivity contribution in [2.45, 2.75) is 33.3 Å². The van der Waals surface area contributed by atoms with Crippen LogP contribution in [0.1, 0.15) is 36.8 Å². The summed E-state index contributed by atoms with van der Waals surface area (Å²) in [6, 6.07) is 25.3. The average molecular weight is 455 g/mol. The minimum absolute atomic E-state index is 0.141. The van der Waals surface area contributed by atoms with Crippen molar-refractivity contribution in [1.82, 2.24) is 5.16 Å². The molecular weight excluding hydrogens is 428 g/mol. The standard InChI is InChI=1S/C28H26N2O4/c1-18(31)17-21-9-11-23(12-10-21)24-13-15-25(16-14-24)27-26(19(2)30-34-27)29-28(32)33-20(3)22-7-5-4-6-8-22/h4-16,20H,17H2,1-3H3,(H,29,32). The van der Waals surface area contributed by atoms with E-state index in [2.05, 4.69) is 10.5 Å². The Balaban J connectivity index is 1.48. The molecule has 1 unspecified atom stereocenters. The van der Waals surface area contributed by atoms with E-state index in [9.17, 15) is 9.59 Å². The summed E-state index contributed by atoms with van der Waals surface area (Å²) in [4.78, 5) is 23.8. The van der Waals surface area contributed by atoms with Gasteiger partial charge in [-0.1, -0.05) is 84.0 Å². The van der Waals surface area contributed by atoms with Crippen molar-refractivity contribution >= 4 is 17.6 Å². The predicted molar refractivity (Wildman–Crippen MR) is 131 cm³/mol. The van der Waals surface area contributed by atoms with Gasteiger partial charge in [0.1, 0.15) is 23.3 Å². The Hall–Kier alpha value is -4.19. The predicted octanol–water partition coefficient (Wildman–Crippen LogP) is 6.76. The molecular formula is C28H26N2O4. The second kappa shape index (κ2) is 10.2. The second-order valence-corrected chi connectivity index (χ2v) is 8.21. The number of nitrogens with one attached hydrogen (secondary N) is 1. The van der Waals surface area contributed by atoms with Crippen LogP contribution in [0.15, 0.2) is 83.4 Å². The zero-order chi connectivity index (χ0) is 24.1. The third-order valence-corrected chi connectivity index (χ3v) is 5.53. The van der Waals surface area contributed by atoms with Crippen LogP contribution in [0.3, 0.4) is 0 Å². The first-order valence-corrected chi connectivity index (χ1v) is 11.1. The number of Topliss-reactive ketones (excluding diaryl/α,β-unsaturated/α-hetero) is 1. The molecule has 0 aliphatic heterocycles. The summed E-state index contributed by atoms with van der Waals surface area (Å²) in [6.07, 6.45) is -0.538. The van der Waals surface area contributed by atoms with Crippen LogP contribution < -0.4 is 5.32 Å². The number of ether oxygens (including phenoxy) is 1. The topological polar surface area (TPSA) is 81.4 Å². The first-order valence-electron chi connectivity index (χ1n) is 11.1. The fourth-order valence-corrected chi connectivity index (χ4v) is 3.71. The lowest BCUT2D eigenvalue weighted by Gasteiger charge is -2.14. The number of amides is 1. The maximum absolute atomic E-state index is 12.5. The summed E-state index contributed by atoms with van der Waals surface area (Å²) in [7, 11) is 0. The number of nitrogens with zero attached hydrogens (tertiary/aromatic N) is 1. The van der Waals surface area contributed by atoms with E-state index < -0.39 is 12.2 Å². The molecule has 6 nitrogen and oxygen atoms in total. The summed E-state index contributed by atoms with van der Waals surface area (Å²) in [5, 5.41) is 6.81. The van der Waals surface area contributed by atoms with Crippen molar-refractivity contribution in [3.05, 3.63) is 95.7 Å². The van der Waals surface area contributed by atoms with Gasteiger partial charge in [-0.05, 0) is 43.0 Å². The van der Waals surface area contributed by atoms with Gasteiger partial charge in [0.15, 0.2) is 5.76 Å². The Morgan fingerprint density at radius 3 is 2.12 bits per heavy atom. The maximum atomic E-state index is 12.5. The number of hydrogen-bond acceptors (Lipinski definition) is 5. The van der Waals surface area contributed by atoms with Crippen molar-refractivity contribution < 1.29 is 18.8 Å². The summed E-state index contributed by atoms with van der Waals surface area (Å²) < 4.78 is 11.0. The number of hydrogen-bond donors (Lipinski definition) is 1. The van der Waals surface area contributed by atoms with E-state index in [0.717, 1.165) is 27.8 Å². The van der Waals surface area contributed by atoms with Gasteiger partial charge >= 0.3 is 6.09 Å². The van der Waals surface area contributed by atoms with Crippen LogP contribution in [0.25, 0.3) is 22.5 Å². The van der Waals surface area contributed by atoms with Gasteiger partial charge in [0.2, 0.25) is 0 Å². The highest BCUT2D eigenvalue weighted by Gasteiger charge is 2.20. The Labute approximate surface area is 198 Å². The van der Waals surface area contributed by atoms with E-state index in [1.807, 2.05) is 85.8 Å². The SMILES string of the molecule is CC(=O)Cc1ccc(-c2ccc(-c3onc(C)c3NC(=O)OC(C)c3ccccc3)cc2)cc1. The molecule has 0 saturated heterocycles. The van der Waals surface area contributed by atoms with E-state index >= 15 is 0 Å². The van der Waals surface area contributed by atoms with Crippen LogP contribution in [0.2, 0.25) is 0 Å². The van der Waals surface area contributed by atoms with Gasteiger partial charge in [-0.25, -0.2) is 4.79 Å². The molecule has 1 amide bonds. The molecule has 4 rings (SSSR count). The van der Waals surface area contributed by atoms with Crippen molar-refractivity contribution in [3.63, 3.8) is 0 Å². The molecule has 0 bridgehead atoms. The maximum Gasteiger partial charge on any atom is 0.412 e. The first-order chi connectivity index (χ1) is 16.4. The molecule has 172 valence electrons. The second-order valence-electron chi connectivity index (χ2n) is 8.21.